The predicted octanol–water partition coefficient (Wildman–Crippen LogP) is 3.18. The average molecular weight is 423 g/mol. The number of halogens is 3. The lowest BCUT2D eigenvalue weighted by Crippen LogP contribution is -2.52. The standard InChI is InChI=1S/C18H24F3NO7/c1-9-13-14(27-16(2,3)26-13)11(28-29-17(4,5)25-9)8-24-15(23)10-6-7-12(22-10)18(19,20)21/h6-7,9,11,13-14,22H,8H2,1-5H3. The van der Waals surface area contributed by atoms with E-state index in [4.69, 9.17) is 28.7 Å². The molecule has 3 heterocycles. The van der Waals surface area contributed by atoms with E-state index < -0.39 is 53.8 Å². The lowest BCUT2D eigenvalue weighted by Gasteiger charge is -2.37. The molecule has 4 unspecified atom stereocenters. The Balaban J connectivity index is 1.72. The van der Waals surface area contributed by atoms with Crippen molar-refractivity contribution in [2.45, 2.75) is 76.8 Å². The first kappa shape index (κ1) is 22.0. The van der Waals surface area contributed by atoms with Crippen molar-refractivity contribution in [2.75, 3.05) is 6.61 Å². The van der Waals surface area contributed by atoms with Gasteiger partial charge in [-0.3, -0.25) is 0 Å². The molecule has 2 saturated heterocycles. The Morgan fingerprint density at radius 1 is 1.10 bits per heavy atom. The number of H-pyrrole nitrogens is 1. The van der Waals surface area contributed by atoms with E-state index in [2.05, 4.69) is 0 Å². The van der Waals surface area contributed by atoms with Crippen molar-refractivity contribution in [3.8, 4) is 0 Å². The average Bonchev–Trinajstić information content (AvgIpc) is 3.17. The van der Waals surface area contributed by atoms with Crippen LogP contribution in [0.5, 0.6) is 0 Å². The molecule has 0 spiro atoms. The molecule has 4 atom stereocenters. The highest BCUT2D eigenvalue weighted by molar-refractivity contribution is 5.87. The summed E-state index contributed by atoms with van der Waals surface area (Å²) in [6, 6.07) is 1.76. The monoisotopic (exact) mass is 423 g/mol. The summed E-state index contributed by atoms with van der Waals surface area (Å²) in [5, 5.41) is 0. The van der Waals surface area contributed by atoms with Crippen LogP contribution in [0, 0.1) is 0 Å². The third-order valence-corrected chi connectivity index (χ3v) is 4.42. The number of hydrogen-bond donors (Lipinski definition) is 1. The normalized spacial score (nSPS) is 31.6. The van der Waals surface area contributed by atoms with Gasteiger partial charge in [-0.25, -0.2) is 14.6 Å². The number of ether oxygens (including phenoxy) is 4. The van der Waals surface area contributed by atoms with Gasteiger partial charge in [0.05, 0.1) is 6.10 Å². The third-order valence-electron chi connectivity index (χ3n) is 4.42. The SMILES string of the molecule is CC1OC(C)(C)OOC(COC(=O)c2ccc(C(F)(F)F)[nH]2)C2OC(C)(C)OC12. The molecular weight excluding hydrogens is 399 g/mol. The van der Waals surface area contributed by atoms with Gasteiger partial charge in [-0.2, -0.15) is 13.2 Å². The molecule has 0 amide bonds. The smallest absolute Gasteiger partial charge is 0.431 e. The molecule has 1 aromatic rings. The fourth-order valence-electron chi connectivity index (χ4n) is 3.27. The Labute approximate surface area is 165 Å². The Kier molecular flexibility index (Phi) is 5.73. The Morgan fingerprint density at radius 3 is 2.38 bits per heavy atom. The van der Waals surface area contributed by atoms with Gasteiger partial charge in [0.2, 0.25) is 0 Å². The van der Waals surface area contributed by atoms with Crippen LogP contribution in [-0.4, -0.2) is 53.6 Å². The van der Waals surface area contributed by atoms with Crippen molar-refractivity contribution in [3.05, 3.63) is 23.5 Å². The number of carbonyl (C=O) groups is 1. The van der Waals surface area contributed by atoms with Gasteiger partial charge in [0.25, 0.3) is 0 Å². The van der Waals surface area contributed by atoms with Crippen LogP contribution < -0.4 is 0 Å². The van der Waals surface area contributed by atoms with Crippen LogP contribution in [0.15, 0.2) is 12.1 Å². The molecule has 3 rings (SSSR count). The Bertz CT molecular complexity index is 746. The second-order valence-corrected chi connectivity index (χ2v) is 7.89. The lowest BCUT2D eigenvalue weighted by atomic mass is 10.0. The van der Waals surface area contributed by atoms with Crippen molar-refractivity contribution in [2.24, 2.45) is 0 Å². The zero-order chi connectivity index (χ0) is 21.6. The topological polar surface area (TPSA) is 88.2 Å². The molecule has 2 aliphatic rings. The number of aromatic nitrogens is 1. The van der Waals surface area contributed by atoms with Crippen LogP contribution in [0.3, 0.4) is 0 Å². The van der Waals surface area contributed by atoms with Crippen LogP contribution in [0.2, 0.25) is 0 Å². The maximum absolute atomic E-state index is 12.7. The van der Waals surface area contributed by atoms with E-state index in [9.17, 15) is 18.0 Å². The minimum absolute atomic E-state index is 0.331. The number of hydrogen-bond acceptors (Lipinski definition) is 7. The number of aromatic amines is 1. The second-order valence-electron chi connectivity index (χ2n) is 7.89. The molecule has 29 heavy (non-hydrogen) atoms. The van der Waals surface area contributed by atoms with Gasteiger partial charge < -0.3 is 23.9 Å². The van der Waals surface area contributed by atoms with Crippen molar-refractivity contribution >= 4 is 5.97 Å². The van der Waals surface area contributed by atoms with Crippen molar-refractivity contribution in [3.63, 3.8) is 0 Å². The van der Waals surface area contributed by atoms with Gasteiger partial charge in [0.1, 0.15) is 30.2 Å². The highest BCUT2D eigenvalue weighted by Crippen LogP contribution is 2.37. The summed E-state index contributed by atoms with van der Waals surface area (Å²) in [5.74, 6) is -3.01. The zero-order valence-corrected chi connectivity index (χ0v) is 16.7. The molecule has 0 aliphatic carbocycles. The number of rotatable bonds is 3. The van der Waals surface area contributed by atoms with Crippen molar-refractivity contribution in [1.29, 1.82) is 0 Å². The molecule has 11 heteroatoms. The summed E-state index contributed by atoms with van der Waals surface area (Å²) in [7, 11) is 0. The summed E-state index contributed by atoms with van der Waals surface area (Å²) >= 11 is 0. The Morgan fingerprint density at radius 2 is 1.76 bits per heavy atom. The van der Waals surface area contributed by atoms with Crippen LogP contribution in [-0.2, 0) is 34.9 Å². The van der Waals surface area contributed by atoms with Crippen molar-refractivity contribution in [1.82, 2.24) is 4.98 Å². The number of carbonyl (C=O) groups excluding carboxylic acids is 1. The largest absolute Gasteiger partial charge is 0.458 e. The number of alkyl halides is 3. The summed E-state index contributed by atoms with van der Waals surface area (Å²) < 4.78 is 60.8. The molecule has 0 bridgehead atoms. The van der Waals surface area contributed by atoms with E-state index in [1.807, 2.05) is 4.98 Å². The van der Waals surface area contributed by atoms with Gasteiger partial charge in [-0.05, 0) is 46.8 Å². The summed E-state index contributed by atoms with van der Waals surface area (Å²) in [6.45, 7) is 8.19. The highest BCUT2D eigenvalue weighted by Gasteiger charge is 2.52. The molecule has 0 aromatic carbocycles. The zero-order valence-electron chi connectivity index (χ0n) is 16.7. The number of fused-ring (bicyclic) bond motifs is 1. The van der Waals surface area contributed by atoms with Gasteiger partial charge in [0.15, 0.2) is 17.7 Å². The Hall–Kier alpha value is -1.66. The molecule has 2 aliphatic heterocycles. The first-order valence-electron chi connectivity index (χ1n) is 9.09. The number of esters is 1. The van der Waals surface area contributed by atoms with Crippen LogP contribution in [0.25, 0.3) is 0 Å². The molecule has 164 valence electrons. The van der Waals surface area contributed by atoms with Gasteiger partial charge >= 0.3 is 12.1 Å². The van der Waals surface area contributed by atoms with E-state index in [1.165, 1.54) is 0 Å². The molecular formula is C18H24F3NO7. The minimum Gasteiger partial charge on any atom is -0.458 e. The fraction of sp³-hybridized carbons (Fsp3) is 0.722. The van der Waals surface area contributed by atoms with E-state index in [1.54, 1.807) is 34.6 Å². The third kappa shape index (κ3) is 5.10. The molecule has 1 N–H and O–H groups in total. The molecule has 0 radical (unpaired) electrons. The van der Waals surface area contributed by atoms with E-state index in [0.29, 0.717) is 0 Å². The van der Waals surface area contributed by atoms with E-state index >= 15 is 0 Å². The molecule has 2 fully saturated rings. The minimum atomic E-state index is -4.59. The van der Waals surface area contributed by atoms with Crippen LogP contribution >= 0.6 is 0 Å². The molecule has 8 nitrogen and oxygen atoms in total. The van der Waals surface area contributed by atoms with Crippen LogP contribution in [0.1, 0.15) is 50.8 Å². The van der Waals surface area contributed by atoms with E-state index in [0.717, 1.165) is 12.1 Å². The van der Waals surface area contributed by atoms with E-state index in [-0.39, 0.29) is 12.3 Å². The quantitative estimate of drug-likeness (QED) is 0.590. The molecule has 1 aromatic heterocycles. The maximum atomic E-state index is 12.7. The first-order valence-corrected chi connectivity index (χ1v) is 9.09. The van der Waals surface area contributed by atoms with Gasteiger partial charge in [0, 0.05) is 0 Å². The first-order chi connectivity index (χ1) is 13.3. The number of nitrogens with one attached hydrogen (secondary N) is 1. The summed E-state index contributed by atoms with van der Waals surface area (Å²) in [5.41, 5.74) is -1.38. The maximum Gasteiger partial charge on any atom is 0.431 e. The van der Waals surface area contributed by atoms with Gasteiger partial charge in [-0.1, -0.05) is 0 Å². The van der Waals surface area contributed by atoms with Gasteiger partial charge in [-0.15, -0.1) is 0 Å². The predicted molar refractivity (Wildman–Crippen MR) is 90.5 cm³/mol. The van der Waals surface area contributed by atoms with Crippen molar-refractivity contribution < 1.29 is 46.7 Å². The summed E-state index contributed by atoms with van der Waals surface area (Å²) in [6.07, 6.45) is -7.16. The fourth-order valence-corrected chi connectivity index (χ4v) is 3.27. The summed E-state index contributed by atoms with van der Waals surface area (Å²) in [4.78, 5) is 24.9. The highest BCUT2D eigenvalue weighted by atomic mass is 19.4. The lowest BCUT2D eigenvalue weighted by molar-refractivity contribution is -0.460. The molecule has 0 saturated carbocycles. The second kappa shape index (κ2) is 7.55. The van der Waals surface area contributed by atoms with Crippen LogP contribution in [0.4, 0.5) is 13.2 Å².